The zero-order valence-electron chi connectivity index (χ0n) is 18.3. The lowest BCUT2D eigenvalue weighted by Gasteiger charge is -2.14. The van der Waals surface area contributed by atoms with Gasteiger partial charge in [0.25, 0.3) is 5.56 Å². The summed E-state index contributed by atoms with van der Waals surface area (Å²) < 4.78 is 1.67. The molecule has 0 bridgehead atoms. The van der Waals surface area contributed by atoms with Crippen LogP contribution in [-0.2, 0) is 0 Å². The molecule has 0 fully saturated rings. The molecular weight excluding hydrogens is 460 g/mol. The lowest BCUT2D eigenvalue weighted by molar-refractivity contribution is 0.934. The average molecular weight is 479 g/mol. The van der Waals surface area contributed by atoms with E-state index in [1.54, 1.807) is 15.9 Å². The Hall–Kier alpha value is -3.91. The summed E-state index contributed by atoms with van der Waals surface area (Å²) in [5.74, 6) is 6.95. The van der Waals surface area contributed by atoms with Crippen molar-refractivity contribution in [3.63, 3.8) is 0 Å². The molecule has 0 unspecified atom stereocenters. The Kier molecular flexibility index (Phi) is 6.14. The summed E-state index contributed by atoms with van der Waals surface area (Å²) >= 11 is 7.62. The van der Waals surface area contributed by atoms with E-state index in [-0.39, 0.29) is 5.56 Å². The Balaban J connectivity index is 1.63. The quantitative estimate of drug-likeness (QED) is 0.262. The van der Waals surface area contributed by atoms with Crippen molar-refractivity contribution in [2.45, 2.75) is 6.92 Å². The number of benzene rings is 3. The van der Waals surface area contributed by atoms with E-state index in [9.17, 15) is 4.79 Å². The van der Waals surface area contributed by atoms with Gasteiger partial charge in [0, 0.05) is 10.6 Å². The lowest BCUT2D eigenvalue weighted by atomic mass is 10.1. The van der Waals surface area contributed by atoms with Gasteiger partial charge in [-0.2, -0.15) is 0 Å². The van der Waals surface area contributed by atoms with Gasteiger partial charge < -0.3 is 0 Å². The smallest absolute Gasteiger partial charge is 0.266 e. The summed E-state index contributed by atoms with van der Waals surface area (Å²) in [6.07, 6.45) is 3.79. The predicted octanol–water partition coefficient (Wildman–Crippen LogP) is 6.98. The largest absolute Gasteiger partial charge is 0.268 e. The average Bonchev–Trinajstić information content (AvgIpc) is 3.37. The number of hydrogen-bond acceptors (Lipinski definition) is 3. The number of aromatic nitrogens is 2. The Labute approximate surface area is 206 Å². The van der Waals surface area contributed by atoms with Crippen molar-refractivity contribution >= 4 is 46.0 Å². The molecule has 0 N–H and O–H groups in total. The topological polar surface area (TPSA) is 34.9 Å². The third-order valence-electron chi connectivity index (χ3n) is 5.39. The van der Waals surface area contributed by atoms with Crippen LogP contribution in [0, 0.1) is 18.8 Å². The monoisotopic (exact) mass is 478 g/mol. The second-order valence-electron chi connectivity index (χ2n) is 7.74. The van der Waals surface area contributed by atoms with Crippen LogP contribution >= 0.6 is 22.9 Å². The van der Waals surface area contributed by atoms with Gasteiger partial charge >= 0.3 is 0 Å². The van der Waals surface area contributed by atoms with Crippen molar-refractivity contribution in [1.29, 1.82) is 0 Å². The summed E-state index contributed by atoms with van der Waals surface area (Å²) in [4.78, 5) is 19.4. The molecule has 2 heterocycles. The Morgan fingerprint density at radius 3 is 2.53 bits per heavy atom. The number of rotatable bonds is 3. The van der Waals surface area contributed by atoms with Gasteiger partial charge in [-0.1, -0.05) is 59.8 Å². The fourth-order valence-corrected chi connectivity index (χ4v) is 4.40. The molecule has 0 saturated carbocycles. The predicted molar refractivity (Wildman–Crippen MR) is 143 cm³/mol. The highest BCUT2D eigenvalue weighted by Gasteiger charge is 2.13. The maximum absolute atomic E-state index is 13.6. The van der Waals surface area contributed by atoms with Crippen LogP contribution in [0.3, 0.4) is 0 Å². The van der Waals surface area contributed by atoms with Crippen molar-refractivity contribution in [1.82, 2.24) is 9.55 Å². The maximum atomic E-state index is 13.6. The number of halogens is 1. The number of nitrogens with zero attached hydrogens (tertiary/aromatic N) is 2. The van der Waals surface area contributed by atoms with E-state index in [2.05, 4.69) is 11.8 Å². The van der Waals surface area contributed by atoms with E-state index in [1.165, 1.54) is 0 Å². The molecule has 0 amide bonds. The molecule has 2 aromatic heterocycles. The molecule has 0 spiro atoms. The summed E-state index contributed by atoms with van der Waals surface area (Å²) in [5, 5.41) is 3.26. The van der Waals surface area contributed by atoms with Crippen LogP contribution in [0.25, 0.3) is 28.7 Å². The van der Waals surface area contributed by atoms with Gasteiger partial charge in [0.2, 0.25) is 0 Å². The Morgan fingerprint density at radius 2 is 1.76 bits per heavy atom. The molecule has 5 rings (SSSR count). The number of thiophene rings is 1. The molecule has 0 aliphatic rings. The van der Waals surface area contributed by atoms with E-state index in [1.807, 2.05) is 103 Å². The SMILES string of the molecule is Cc1cc(C#Cc2cccs2)ccc1-n1c(C=Cc2ccc(Cl)cc2)nc2ccccc2c1=O. The van der Waals surface area contributed by atoms with Gasteiger partial charge in [-0.05, 0) is 78.0 Å². The van der Waals surface area contributed by atoms with Crippen LogP contribution in [0.4, 0.5) is 0 Å². The number of hydrogen-bond donors (Lipinski definition) is 0. The fraction of sp³-hybridized carbons (Fsp3) is 0.0345. The molecule has 0 aliphatic heterocycles. The molecule has 34 heavy (non-hydrogen) atoms. The zero-order chi connectivity index (χ0) is 23.5. The first-order valence-electron chi connectivity index (χ1n) is 10.7. The van der Waals surface area contributed by atoms with Crippen molar-refractivity contribution in [3.05, 3.63) is 127 Å². The van der Waals surface area contributed by atoms with E-state index in [0.29, 0.717) is 21.7 Å². The van der Waals surface area contributed by atoms with Crippen molar-refractivity contribution < 1.29 is 0 Å². The highest BCUT2D eigenvalue weighted by atomic mass is 35.5. The highest BCUT2D eigenvalue weighted by Crippen LogP contribution is 2.20. The molecule has 3 nitrogen and oxygen atoms in total. The summed E-state index contributed by atoms with van der Waals surface area (Å²) in [5.41, 5.74) is 4.14. The zero-order valence-corrected chi connectivity index (χ0v) is 19.9. The Bertz CT molecular complexity index is 1640. The molecule has 5 aromatic rings. The number of para-hydroxylation sites is 1. The maximum Gasteiger partial charge on any atom is 0.266 e. The lowest BCUT2D eigenvalue weighted by Crippen LogP contribution is -2.23. The molecule has 5 heteroatoms. The second kappa shape index (κ2) is 9.52. The van der Waals surface area contributed by atoms with Gasteiger partial charge in [0.05, 0.1) is 21.5 Å². The van der Waals surface area contributed by atoms with E-state index in [4.69, 9.17) is 16.6 Å². The minimum absolute atomic E-state index is 0.109. The molecule has 0 aliphatic carbocycles. The fourth-order valence-electron chi connectivity index (χ4n) is 3.71. The first-order chi connectivity index (χ1) is 16.6. The van der Waals surface area contributed by atoms with Crippen molar-refractivity contribution in [2.75, 3.05) is 0 Å². The van der Waals surface area contributed by atoms with Crippen LogP contribution in [0.5, 0.6) is 0 Å². The minimum Gasteiger partial charge on any atom is -0.268 e. The van der Waals surface area contributed by atoms with Gasteiger partial charge in [-0.25, -0.2) is 4.98 Å². The molecule has 164 valence electrons. The van der Waals surface area contributed by atoms with E-state index in [0.717, 1.165) is 27.3 Å². The number of aryl methyl sites for hydroxylation is 1. The molecule has 3 aromatic carbocycles. The summed E-state index contributed by atoms with van der Waals surface area (Å²) in [6, 6.07) is 24.8. The van der Waals surface area contributed by atoms with Crippen molar-refractivity contribution in [2.24, 2.45) is 0 Å². The van der Waals surface area contributed by atoms with Crippen LogP contribution in [0.2, 0.25) is 5.02 Å². The van der Waals surface area contributed by atoms with Gasteiger partial charge in [0.15, 0.2) is 0 Å². The molecule has 0 radical (unpaired) electrons. The molecule has 0 saturated heterocycles. The summed E-state index contributed by atoms with van der Waals surface area (Å²) in [7, 11) is 0. The Morgan fingerprint density at radius 1 is 0.941 bits per heavy atom. The van der Waals surface area contributed by atoms with Gasteiger partial charge in [0.1, 0.15) is 5.82 Å². The molecular formula is C29H19ClN2OS. The van der Waals surface area contributed by atoms with E-state index >= 15 is 0 Å². The third-order valence-corrected chi connectivity index (χ3v) is 6.42. The third kappa shape index (κ3) is 4.58. The summed E-state index contributed by atoms with van der Waals surface area (Å²) in [6.45, 7) is 1.99. The first-order valence-corrected chi connectivity index (χ1v) is 12.0. The van der Waals surface area contributed by atoms with E-state index < -0.39 is 0 Å². The van der Waals surface area contributed by atoms with Crippen LogP contribution < -0.4 is 5.56 Å². The van der Waals surface area contributed by atoms with Crippen LogP contribution in [-0.4, -0.2) is 9.55 Å². The highest BCUT2D eigenvalue weighted by molar-refractivity contribution is 7.10. The van der Waals surface area contributed by atoms with Gasteiger partial charge in [-0.15, -0.1) is 11.3 Å². The standard InChI is InChI=1S/C29H19ClN2OS/c1-20-19-22(10-15-24-5-4-18-34-24)11-16-27(20)32-28(17-12-21-8-13-23(30)14-9-21)31-26-7-3-2-6-25(26)29(32)33/h2-9,11-14,16-19H,1H3. The van der Waals surface area contributed by atoms with Crippen molar-refractivity contribution in [3.8, 4) is 17.5 Å². The normalized spacial score (nSPS) is 11.0. The second-order valence-corrected chi connectivity index (χ2v) is 9.13. The first kappa shape index (κ1) is 21.9. The van der Waals surface area contributed by atoms with Crippen LogP contribution in [0.15, 0.2) is 89.0 Å². The molecule has 0 atom stereocenters. The van der Waals surface area contributed by atoms with Crippen LogP contribution in [0.1, 0.15) is 27.4 Å². The number of fused-ring (bicyclic) bond motifs is 1. The van der Waals surface area contributed by atoms with Gasteiger partial charge in [-0.3, -0.25) is 9.36 Å². The minimum atomic E-state index is -0.109.